The standard InChI is InChI=1S/C14H24O2/c1-10-5-6-12(9-11(10)2)13(15)14(16-3)7-4-8-14/h10-12H,4-9H2,1-3H3. The Bertz CT molecular complexity index is 262. The Balaban J connectivity index is 2.00. The minimum absolute atomic E-state index is 0.270. The molecule has 16 heavy (non-hydrogen) atoms. The van der Waals surface area contributed by atoms with E-state index in [1.165, 1.54) is 6.42 Å². The number of Topliss-reactive ketones (excluding diaryl/α,β-unsaturated/α-hetero) is 1. The summed E-state index contributed by atoms with van der Waals surface area (Å²) in [5.74, 6) is 2.15. The molecule has 0 aromatic rings. The molecular formula is C14H24O2. The van der Waals surface area contributed by atoms with Crippen LogP contribution >= 0.6 is 0 Å². The van der Waals surface area contributed by atoms with Crippen LogP contribution in [0.3, 0.4) is 0 Å². The smallest absolute Gasteiger partial charge is 0.167 e. The van der Waals surface area contributed by atoms with Gasteiger partial charge in [0.25, 0.3) is 0 Å². The highest BCUT2D eigenvalue weighted by atomic mass is 16.5. The van der Waals surface area contributed by atoms with E-state index in [0.29, 0.717) is 11.7 Å². The van der Waals surface area contributed by atoms with Crippen LogP contribution in [0.15, 0.2) is 0 Å². The van der Waals surface area contributed by atoms with Crippen molar-refractivity contribution < 1.29 is 9.53 Å². The molecule has 0 aromatic carbocycles. The first kappa shape index (κ1) is 12.1. The van der Waals surface area contributed by atoms with Crippen LogP contribution in [0.1, 0.15) is 52.4 Å². The zero-order chi connectivity index (χ0) is 11.8. The van der Waals surface area contributed by atoms with E-state index in [1.807, 2.05) is 0 Å². The molecule has 2 saturated carbocycles. The molecule has 92 valence electrons. The van der Waals surface area contributed by atoms with E-state index in [9.17, 15) is 4.79 Å². The summed E-state index contributed by atoms with van der Waals surface area (Å²) in [5.41, 5.74) is -0.384. The van der Waals surface area contributed by atoms with Crippen LogP contribution in [0.5, 0.6) is 0 Å². The molecule has 0 radical (unpaired) electrons. The Hall–Kier alpha value is -0.370. The zero-order valence-corrected chi connectivity index (χ0v) is 10.8. The molecule has 2 fully saturated rings. The van der Waals surface area contributed by atoms with Crippen LogP contribution in [-0.4, -0.2) is 18.5 Å². The molecule has 0 heterocycles. The summed E-state index contributed by atoms with van der Waals surface area (Å²) >= 11 is 0. The maximum atomic E-state index is 12.5. The summed E-state index contributed by atoms with van der Waals surface area (Å²) < 4.78 is 5.50. The fourth-order valence-electron chi connectivity index (χ4n) is 3.21. The normalized spacial score (nSPS) is 37.8. The Kier molecular flexibility index (Phi) is 3.39. The zero-order valence-electron chi connectivity index (χ0n) is 10.8. The second-order valence-corrected chi connectivity index (χ2v) is 5.88. The molecule has 0 N–H and O–H groups in total. The van der Waals surface area contributed by atoms with Gasteiger partial charge in [0, 0.05) is 13.0 Å². The number of hydrogen-bond acceptors (Lipinski definition) is 2. The van der Waals surface area contributed by atoms with E-state index in [-0.39, 0.29) is 11.5 Å². The third-order valence-corrected chi connectivity index (χ3v) is 4.97. The van der Waals surface area contributed by atoms with E-state index in [2.05, 4.69) is 13.8 Å². The SMILES string of the molecule is COC1(C(=O)C2CCC(C)C(C)C2)CCC1. The van der Waals surface area contributed by atoms with Crippen molar-refractivity contribution in [2.24, 2.45) is 17.8 Å². The van der Waals surface area contributed by atoms with Gasteiger partial charge < -0.3 is 4.74 Å². The fourth-order valence-corrected chi connectivity index (χ4v) is 3.21. The largest absolute Gasteiger partial charge is 0.370 e. The molecule has 2 nitrogen and oxygen atoms in total. The minimum Gasteiger partial charge on any atom is -0.370 e. The van der Waals surface area contributed by atoms with Crippen molar-refractivity contribution in [1.29, 1.82) is 0 Å². The van der Waals surface area contributed by atoms with Gasteiger partial charge in [0.05, 0.1) is 0 Å². The fraction of sp³-hybridized carbons (Fsp3) is 0.929. The molecule has 3 atom stereocenters. The average molecular weight is 224 g/mol. The highest BCUT2D eigenvalue weighted by Gasteiger charge is 2.47. The number of hydrogen-bond donors (Lipinski definition) is 0. The van der Waals surface area contributed by atoms with E-state index in [1.54, 1.807) is 7.11 Å². The lowest BCUT2D eigenvalue weighted by Gasteiger charge is -2.43. The van der Waals surface area contributed by atoms with Crippen molar-refractivity contribution in [3.8, 4) is 0 Å². The number of ether oxygens (including phenoxy) is 1. The van der Waals surface area contributed by atoms with Gasteiger partial charge in [-0.2, -0.15) is 0 Å². The third-order valence-electron chi connectivity index (χ3n) is 4.97. The van der Waals surface area contributed by atoms with Crippen molar-refractivity contribution in [2.75, 3.05) is 7.11 Å². The summed E-state index contributed by atoms with van der Waals surface area (Å²) in [6, 6.07) is 0. The van der Waals surface area contributed by atoms with Gasteiger partial charge >= 0.3 is 0 Å². The molecule has 0 spiro atoms. The summed E-state index contributed by atoms with van der Waals surface area (Å²) in [4.78, 5) is 12.5. The van der Waals surface area contributed by atoms with Crippen molar-refractivity contribution in [3.05, 3.63) is 0 Å². The summed E-state index contributed by atoms with van der Waals surface area (Å²) in [7, 11) is 1.70. The molecule has 0 aromatic heterocycles. The number of carbonyl (C=O) groups excluding carboxylic acids is 1. The summed E-state index contributed by atoms with van der Waals surface area (Å²) in [6.45, 7) is 4.59. The van der Waals surface area contributed by atoms with Gasteiger partial charge in [0.1, 0.15) is 5.60 Å². The Morgan fingerprint density at radius 2 is 1.88 bits per heavy atom. The molecule has 0 aliphatic heterocycles. The molecule has 0 bridgehead atoms. The maximum Gasteiger partial charge on any atom is 0.167 e. The molecule has 0 saturated heterocycles. The monoisotopic (exact) mass is 224 g/mol. The van der Waals surface area contributed by atoms with Crippen LogP contribution in [0.25, 0.3) is 0 Å². The number of rotatable bonds is 3. The molecule has 0 amide bonds. The van der Waals surface area contributed by atoms with Crippen LogP contribution in [0, 0.1) is 17.8 Å². The predicted octanol–water partition coefficient (Wildman–Crippen LogP) is 3.20. The predicted molar refractivity (Wildman–Crippen MR) is 64.3 cm³/mol. The van der Waals surface area contributed by atoms with Gasteiger partial charge in [0.2, 0.25) is 0 Å². The first-order valence-corrected chi connectivity index (χ1v) is 6.68. The lowest BCUT2D eigenvalue weighted by molar-refractivity contribution is -0.158. The Labute approximate surface area is 98.7 Å². The van der Waals surface area contributed by atoms with Crippen molar-refractivity contribution in [3.63, 3.8) is 0 Å². The topological polar surface area (TPSA) is 26.3 Å². The highest BCUT2D eigenvalue weighted by Crippen LogP contribution is 2.42. The van der Waals surface area contributed by atoms with E-state index >= 15 is 0 Å². The first-order chi connectivity index (χ1) is 7.59. The van der Waals surface area contributed by atoms with Gasteiger partial charge in [0.15, 0.2) is 5.78 Å². The number of ketones is 1. The molecule has 2 aliphatic carbocycles. The highest BCUT2D eigenvalue weighted by molar-refractivity contribution is 5.90. The van der Waals surface area contributed by atoms with Crippen LogP contribution in [0.4, 0.5) is 0 Å². The maximum absolute atomic E-state index is 12.5. The third kappa shape index (κ3) is 1.92. The van der Waals surface area contributed by atoms with Gasteiger partial charge in [-0.3, -0.25) is 4.79 Å². The molecule has 2 heteroatoms. The number of carbonyl (C=O) groups is 1. The van der Waals surface area contributed by atoms with Crippen LogP contribution < -0.4 is 0 Å². The Morgan fingerprint density at radius 3 is 2.31 bits per heavy atom. The van der Waals surface area contributed by atoms with Gasteiger partial charge in [-0.05, 0) is 50.4 Å². The van der Waals surface area contributed by atoms with Gasteiger partial charge in [-0.25, -0.2) is 0 Å². The van der Waals surface area contributed by atoms with E-state index in [0.717, 1.165) is 38.0 Å². The van der Waals surface area contributed by atoms with Crippen LogP contribution in [-0.2, 0) is 9.53 Å². The molecular weight excluding hydrogens is 200 g/mol. The average Bonchev–Trinajstić information content (AvgIpc) is 2.21. The number of methoxy groups -OCH3 is 1. The van der Waals surface area contributed by atoms with Gasteiger partial charge in [-0.15, -0.1) is 0 Å². The van der Waals surface area contributed by atoms with Gasteiger partial charge in [-0.1, -0.05) is 13.8 Å². The Morgan fingerprint density at radius 1 is 1.19 bits per heavy atom. The van der Waals surface area contributed by atoms with E-state index < -0.39 is 0 Å². The summed E-state index contributed by atoms with van der Waals surface area (Å²) in [5, 5.41) is 0. The molecule has 3 unspecified atom stereocenters. The summed E-state index contributed by atoms with van der Waals surface area (Å²) in [6.07, 6.45) is 6.40. The second kappa shape index (κ2) is 4.48. The van der Waals surface area contributed by atoms with Crippen LogP contribution in [0.2, 0.25) is 0 Å². The minimum atomic E-state index is -0.384. The molecule has 2 aliphatic rings. The lowest BCUT2D eigenvalue weighted by Crippen LogP contribution is -2.50. The van der Waals surface area contributed by atoms with Crippen molar-refractivity contribution in [2.45, 2.75) is 58.0 Å². The second-order valence-electron chi connectivity index (χ2n) is 5.88. The van der Waals surface area contributed by atoms with Crippen molar-refractivity contribution in [1.82, 2.24) is 0 Å². The van der Waals surface area contributed by atoms with E-state index in [4.69, 9.17) is 4.74 Å². The molecule has 2 rings (SSSR count). The first-order valence-electron chi connectivity index (χ1n) is 6.68. The van der Waals surface area contributed by atoms with Crippen molar-refractivity contribution >= 4 is 5.78 Å². The quantitative estimate of drug-likeness (QED) is 0.736. The lowest BCUT2D eigenvalue weighted by atomic mass is 9.67.